The Labute approximate surface area is 101 Å². The molecule has 1 heterocycles. The predicted molar refractivity (Wildman–Crippen MR) is 64.6 cm³/mol. The van der Waals surface area contributed by atoms with Crippen molar-refractivity contribution in [1.29, 1.82) is 0 Å². The average molecular weight is 244 g/mol. The van der Waals surface area contributed by atoms with Gasteiger partial charge in [0.2, 0.25) is 0 Å². The van der Waals surface area contributed by atoms with E-state index in [2.05, 4.69) is 20.1 Å². The Morgan fingerprint density at radius 1 is 1.56 bits per heavy atom. The zero-order valence-electron chi connectivity index (χ0n) is 10.4. The summed E-state index contributed by atoms with van der Waals surface area (Å²) < 4.78 is 10.7. The molecule has 92 valence electrons. The van der Waals surface area contributed by atoms with Gasteiger partial charge in [-0.3, -0.25) is 0 Å². The van der Waals surface area contributed by atoms with Crippen molar-refractivity contribution in [1.82, 2.24) is 0 Å². The lowest BCUT2D eigenvalue weighted by Gasteiger charge is -2.34. The smallest absolute Gasteiger partial charge is 0.341 e. The Morgan fingerprint density at radius 2 is 2.19 bits per heavy atom. The molecule has 2 aliphatic rings. The molecule has 1 aliphatic carbocycles. The van der Waals surface area contributed by atoms with Gasteiger partial charge in [-0.05, 0) is 31.4 Å². The standard InChI is InChI=1S/C12H20O3S/c1-8(2)5-12(10(13)14-3)11(15-12)6-9(7-11)16-4/h8-9H,5-7H2,1-4H3. The van der Waals surface area contributed by atoms with E-state index in [1.165, 1.54) is 7.11 Å². The molecule has 1 aliphatic heterocycles. The van der Waals surface area contributed by atoms with E-state index < -0.39 is 5.60 Å². The first kappa shape index (κ1) is 12.2. The van der Waals surface area contributed by atoms with Crippen molar-refractivity contribution >= 4 is 17.7 Å². The molecular weight excluding hydrogens is 224 g/mol. The normalized spacial score (nSPS) is 40.9. The van der Waals surface area contributed by atoms with E-state index in [1.54, 1.807) is 0 Å². The highest BCUT2D eigenvalue weighted by Crippen LogP contribution is 2.65. The van der Waals surface area contributed by atoms with E-state index in [0.29, 0.717) is 11.2 Å². The minimum atomic E-state index is -0.623. The fourth-order valence-corrected chi connectivity index (χ4v) is 3.71. The number of thioether (sulfide) groups is 1. The first-order chi connectivity index (χ1) is 7.49. The maximum Gasteiger partial charge on any atom is 0.341 e. The van der Waals surface area contributed by atoms with Crippen molar-refractivity contribution < 1.29 is 14.3 Å². The van der Waals surface area contributed by atoms with Gasteiger partial charge in [-0.2, -0.15) is 11.8 Å². The van der Waals surface area contributed by atoms with E-state index in [9.17, 15) is 4.79 Å². The molecule has 0 aromatic heterocycles. The number of esters is 1. The Kier molecular flexibility index (Phi) is 2.99. The topological polar surface area (TPSA) is 38.8 Å². The SMILES string of the molecule is COC(=O)C1(CC(C)C)OC12CC(SC)C2. The van der Waals surface area contributed by atoms with Crippen LogP contribution in [0.5, 0.6) is 0 Å². The lowest BCUT2D eigenvalue weighted by atomic mass is 9.72. The molecule has 1 saturated heterocycles. The molecule has 2 rings (SSSR count). The van der Waals surface area contributed by atoms with E-state index in [4.69, 9.17) is 9.47 Å². The molecule has 1 saturated carbocycles. The largest absolute Gasteiger partial charge is 0.467 e. The van der Waals surface area contributed by atoms with Gasteiger partial charge < -0.3 is 9.47 Å². The quantitative estimate of drug-likeness (QED) is 0.561. The summed E-state index contributed by atoms with van der Waals surface area (Å²) in [6.45, 7) is 4.23. The number of carbonyl (C=O) groups is 1. The highest BCUT2D eigenvalue weighted by molar-refractivity contribution is 7.99. The lowest BCUT2D eigenvalue weighted by molar-refractivity contribution is -0.147. The Hall–Kier alpha value is -0.220. The molecule has 16 heavy (non-hydrogen) atoms. The predicted octanol–water partition coefficient (Wildman–Crippen LogP) is 2.24. The number of hydrogen-bond acceptors (Lipinski definition) is 4. The molecule has 0 N–H and O–H groups in total. The van der Waals surface area contributed by atoms with Crippen LogP contribution in [-0.2, 0) is 14.3 Å². The Bertz CT molecular complexity index is 297. The monoisotopic (exact) mass is 244 g/mol. The summed E-state index contributed by atoms with van der Waals surface area (Å²) in [5, 5.41) is 0.652. The van der Waals surface area contributed by atoms with Gasteiger partial charge in [-0.25, -0.2) is 4.79 Å². The van der Waals surface area contributed by atoms with E-state index in [-0.39, 0.29) is 11.6 Å². The Balaban J connectivity index is 2.07. The first-order valence-electron chi connectivity index (χ1n) is 5.81. The summed E-state index contributed by atoms with van der Waals surface area (Å²) in [6, 6.07) is 0. The molecule has 2 fully saturated rings. The van der Waals surface area contributed by atoms with Gasteiger partial charge in [-0.15, -0.1) is 0 Å². The van der Waals surface area contributed by atoms with Gasteiger partial charge in [0.15, 0.2) is 5.60 Å². The summed E-state index contributed by atoms with van der Waals surface area (Å²) >= 11 is 1.86. The molecule has 1 unspecified atom stereocenters. The summed E-state index contributed by atoms with van der Waals surface area (Å²) in [5.74, 6) is 0.271. The van der Waals surface area contributed by atoms with Crippen LogP contribution >= 0.6 is 11.8 Å². The summed E-state index contributed by atoms with van der Waals surface area (Å²) in [6.07, 6.45) is 4.88. The van der Waals surface area contributed by atoms with Crippen LogP contribution in [-0.4, -0.2) is 35.8 Å². The fraction of sp³-hybridized carbons (Fsp3) is 0.917. The molecule has 0 bridgehead atoms. The number of carbonyl (C=O) groups excluding carboxylic acids is 1. The van der Waals surface area contributed by atoms with Gasteiger partial charge in [0.25, 0.3) is 0 Å². The highest BCUT2D eigenvalue weighted by Gasteiger charge is 2.79. The minimum absolute atomic E-state index is 0.180. The summed E-state index contributed by atoms with van der Waals surface area (Å²) in [7, 11) is 1.45. The van der Waals surface area contributed by atoms with Crippen LogP contribution in [0, 0.1) is 5.92 Å². The third-order valence-electron chi connectivity index (χ3n) is 3.72. The Morgan fingerprint density at radius 3 is 2.62 bits per heavy atom. The third-order valence-corrected chi connectivity index (χ3v) is 4.72. The molecule has 0 aromatic carbocycles. The molecule has 0 radical (unpaired) electrons. The highest BCUT2D eigenvalue weighted by atomic mass is 32.2. The van der Waals surface area contributed by atoms with Gasteiger partial charge in [-0.1, -0.05) is 13.8 Å². The second kappa shape index (κ2) is 3.91. The lowest BCUT2D eigenvalue weighted by Crippen LogP contribution is -2.45. The molecular formula is C12H20O3S. The maximum atomic E-state index is 11.9. The summed E-state index contributed by atoms with van der Waals surface area (Å²) in [4.78, 5) is 11.9. The van der Waals surface area contributed by atoms with Crippen molar-refractivity contribution in [2.24, 2.45) is 5.92 Å². The van der Waals surface area contributed by atoms with Gasteiger partial charge in [0.1, 0.15) is 5.60 Å². The third kappa shape index (κ3) is 1.58. The number of rotatable bonds is 4. The van der Waals surface area contributed by atoms with Gasteiger partial charge in [0, 0.05) is 5.25 Å². The van der Waals surface area contributed by atoms with Crippen LogP contribution in [0.3, 0.4) is 0 Å². The van der Waals surface area contributed by atoms with Crippen LogP contribution in [0.15, 0.2) is 0 Å². The van der Waals surface area contributed by atoms with E-state index in [1.807, 2.05) is 11.8 Å². The van der Waals surface area contributed by atoms with Crippen LogP contribution in [0.4, 0.5) is 0 Å². The number of ether oxygens (including phenoxy) is 2. The number of hydrogen-bond donors (Lipinski definition) is 0. The van der Waals surface area contributed by atoms with Crippen LogP contribution < -0.4 is 0 Å². The zero-order chi connectivity index (χ0) is 12.0. The molecule has 1 spiro atoms. The number of epoxide rings is 1. The van der Waals surface area contributed by atoms with Crippen LogP contribution in [0.2, 0.25) is 0 Å². The van der Waals surface area contributed by atoms with Crippen molar-refractivity contribution in [2.75, 3.05) is 13.4 Å². The molecule has 3 nitrogen and oxygen atoms in total. The first-order valence-corrected chi connectivity index (χ1v) is 7.10. The van der Waals surface area contributed by atoms with Crippen molar-refractivity contribution in [3.63, 3.8) is 0 Å². The zero-order valence-corrected chi connectivity index (χ0v) is 11.2. The number of methoxy groups -OCH3 is 1. The van der Waals surface area contributed by atoms with E-state index in [0.717, 1.165) is 19.3 Å². The summed E-state index contributed by atoms with van der Waals surface area (Å²) in [5.41, 5.74) is -0.805. The molecule has 0 amide bonds. The van der Waals surface area contributed by atoms with Crippen molar-refractivity contribution in [3.8, 4) is 0 Å². The van der Waals surface area contributed by atoms with Crippen molar-refractivity contribution in [3.05, 3.63) is 0 Å². The molecule has 1 atom stereocenters. The second-order valence-electron chi connectivity index (χ2n) is 5.28. The maximum absolute atomic E-state index is 11.9. The van der Waals surface area contributed by atoms with Gasteiger partial charge >= 0.3 is 5.97 Å². The van der Waals surface area contributed by atoms with E-state index >= 15 is 0 Å². The second-order valence-corrected chi connectivity index (χ2v) is 6.42. The van der Waals surface area contributed by atoms with Gasteiger partial charge in [0.05, 0.1) is 7.11 Å². The average Bonchev–Trinajstić information content (AvgIpc) is 2.83. The molecule has 0 aromatic rings. The van der Waals surface area contributed by atoms with Crippen LogP contribution in [0.1, 0.15) is 33.1 Å². The van der Waals surface area contributed by atoms with Crippen molar-refractivity contribution in [2.45, 2.75) is 49.6 Å². The molecule has 4 heteroatoms. The minimum Gasteiger partial charge on any atom is -0.467 e. The fourth-order valence-electron chi connectivity index (χ4n) is 2.84. The van der Waals surface area contributed by atoms with Crippen LogP contribution in [0.25, 0.3) is 0 Å².